The number of rotatable bonds is 6. The monoisotopic (exact) mass is 441 g/mol. The lowest BCUT2D eigenvalue weighted by molar-refractivity contribution is -0.111. The quantitative estimate of drug-likeness (QED) is 0.612. The van der Waals surface area contributed by atoms with Gasteiger partial charge in [-0.3, -0.25) is 4.79 Å². The minimum Gasteiger partial charge on any atom is -0.489 e. The van der Waals surface area contributed by atoms with Crippen LogP contribution in [0.1, 0.15) is 17.7 Å². The second-order valence-electron chi connectivity index (χ2n) is 5.55. The van der Waals surface area contributed by atoms with E-state index in [1.807, 2.05) is 12.1 Å². The van der Waals surface area contributed by atoms with Gasteiger partial charge in [-0.15, -0.1) is 11.3 Å². The van der Waals surface area contributed by atoms with Crippen LogP contribution in [0.25, 0.3) is 6.08 Å². The number of thiophene rings is 1. The van der Waals surface area contributed by atoms with Crippen molar-refractivity contribution < 1.29 is 14.3 Å². The molecule has 0 spiro atoms. The molecule has 0 bridgehead atoms. The van der Waals surface area contributed by atoms with Crippen LogP contribution < -0.4 is 10.1 Å². The number of hydrogen-bond acceptors (Lipinski definition) is 4. The molecule has 132 valence electrons. The number of carbonyl (C=O) groups excluding carboxylic acids is 1. The summed E-state index contributed by atoms with van der Waals surface area (Å²) in [5, 5.41) is 3.35. The highest BCUT2D eigenvalue weighted by molar-refractivity contribution is 9.11. The summed E-state index contributed by atoms with van der Waals surface area (Å²) >= 11 is 11.0. The third-order valence-electron chi connectivity index (χ3n) is 3.64. The second kappa shape index (κ2) is 8.85. The van der Waals surface area contributed by atoms with Gasteiger partial charge < -0.3 is 14.8 Å². The van der Waals surface area contributed by atoms with Crippen molar-refractivity contribution in [2.24, 2.45) is 0 Å². The Labute approximate surface area is 163 Å². The lowest BCUT2D eigenvalue weighted by Gasteiger charge is -2.15. The Morgan fingerprint density at radius 3 is 3.04 bits per heavy atom. The molecule has 25 heavy (non-hydrogen) atoms. The van der Waals surface area contributed by atoms with Crippen molar-refractivity contribution >= 4 is 56.5 Å². The van der Waals surface area contributed by atoms with Crippen LogP contribution >= 0.6 is 38.9 Å². The van der Waals surface area contributed by atoms with Crippen LogP contribution in [0.4, 0.5) is 5.69 Å². The van der Waals surface area contributed by atoms with Gasteiger partial charge in [0, 0.05) is 22.6 Å². The number of amides is 1. The Hall–Kier alpha value is -1.34. The maximum atomic E-state index is 12.2. The van der Waals surface area contributed by atoms with Gasteiger partial charge in [-0.05, 0) is 65.2 Å². The van der Waals surface area contributed by atoms with Gasteiger partial charge in [0.05, 0.1) is 15.6 Å². The lowest BCUT2D eigenvalue weighted by Crippen LogP contribution is -2.17. The molecule has 4 nitrogen and oxygen atoms in total. The van der Waals surface area contributed by atoms with E-state index in [1.54, 1.807) is 35.6 Å². The molecular formula is C18H17BrClNO3S. The van der Waals surface area contributed by atoms with Crippen molar-refractivity contribution in [2.75, 3.05) is 18.5 Å². The minimum atomic E-state index is -0.242. The molecule has 1 aromatic carbocycles. The fourth-order valence-electron chi connectivity index (χ4n) is 2.43. The number of hydrogen-bond donors (Lipinski definition) is 1. The zero-order chi connectivity index (χ0) is 17.6. The van der Waals surface area contributed by atoms with Gasteiger partial charge in [-0.1, -0.05) is 11.6 Å². The van der Waals surface area contributed by atoms with Gasteiger partial charge in [0.2, 0.25) is 5.91 Å². The fraction of sp³-hybridized carbons (Fsp3) is 0.278. The highest BCUT2D eigenvalue weighted by atomic mass is 79.9. The average Bonchev–Trinajstić information content (AvgIpc) is 3.24. The molecule has 3 rings (SSSR count). The molecule has 1 saturated heterocycles. The summed E-state index contributed by atoms with van der Waals surface area (Å²) in [6.45, 7) is 1.24. The molecule has 0 radical (unpaired) electrons. The highest BCUT2D eigenvalue weighted by Gasteiger charge is 2.17. The number of benzene rings is 1. The molecule has 1 fully saturated rings. The van der Waals surface area contributed by atoms with Gasteiger partial charge in [0.15, 0.2) is 0 Å². The zero-order valence-electron chi connectivity index (χ0n) is 13.3. The molecule has 1 amide bonds. The number of nitrogens with one attached hydrogen (secondary N) is 1. The molecule has 0 saturated carbocycles. The largest absolute Gasteiger partial charge is 0.489 e. The van der Waals surface area contributed by atoms with Crippen LogP contribution in [0.15, 0.2) is 40.2 Å². The first kappa shape index (κ1) is 18.5. The van der Waals surface area contributed by atoms with Crippen LogP contribution in [0.3, 0.4) is 0 Å². The van der Waals surface area contributed by atoms with E-state index in [0.29, 0.717) is 23.1 Å². The molecule has 1 aromatic heterocycles. The Morgan fingerprint density at radius 2 is 2.32 bits per heavy atom. The third-order valence-corrected chi connectivity index (χ3v) is 5.47. The summed E-state index contributed by atoms with van der Waals surface area (Å²) in [4.78, 5) is 13.2. The van der Waals surface area contributed by atoms with E-state index in [-0.39, 0.29) is 12.0 Å². The molecule has 1 atom stereocenters. The van der Waals surface area contributed by atoms with E-state index < -0.39 is 0 Å². The van der Waals surface area contributed by atoms with Crippen molar-refractivity contribution in [2.45, 2.75) is 18.9 Å². The number of carbonyl (C=O) groups is 1. The highest BCUT2D eigenvalue weighted by Crippen LogP contribution is 2.29. The van der Waals surface area contributed by atoms with Crippen molar-refractivity contribution in [3.05, 3.63) is 50.1 Å². The van der Waals surface area contributed by atoms with Gasteiger partial charge in [0.1, 0.15) is 12.4 Å². The Morgan fingerprint density at radius 1 is 1.44 bits per heavy atom. The molecule has 1 unspecified atom stereocenters. The molecule has 2 heterocycles. The van der Waals surface area contributed by atoms with E-state index >= 15 is 0 Å². The number of ether oxygens (including phenoxy) is 2. The normalized spacial score (nSPS) is 17.1. The fourth-order valence-corrected chi connectivity index (χ4v) is 3.93. The van der Waals surface area contributed by atoms with Crippen LogP contribution in [0.2, 0.25) is 5.02 Å². The van der Waals surface area contributed by atoms with Crippen molar-refractivity contribution in [3.8, 4) is 5.75 Å². The van der Waals surface area contributed by atoms with Crippen LogP contribution in [0, 0.1) is 0 Å². The summed E-state index contributed by atoms with van der Waals surface area (Å²) in [5.74, 6) is 0.342. The third kappa shape index (κ3) is 5.57. The van der Waals surface area contributed by atoms with Crippen molar-refractivity contribution in [3.63, 3.8) is 0 Å². The summed E-state index contributed by atoms with van der Waals surface area (Å²) in [7, 11) is 0. The maximum absolute atomic E-state index is 12.2. The van der Waals surface area contributed by atoms with Gasteiger partial charge in [-0.25, -0.2) is 0 Å². The lowest BCUT2D eigenvalue weighted by atomic mass is 10.2. The topological polar surface area (TPSA) is 47.6 Å². The number of halogens is 2. The van der Waals surface area contributed by atoms with Gasteiger partial charge in [-0.2, -0.15) is 0 Å². The summed E-state index contributed by atoms with van der Waals surface area (Å²) in [6.07, 6.45) is 5.41. The minimum absolute atomic E-state index is 0.108. The predicted molar refractivity (Wildman–Crippen MR) is 106 cm³/mol. The van der Waals surface area contributed by atoms with E-state index in [1.165, 1.54) is 6.08 Å². The summed E-state index contributed by atoms with van der Waals surface area (Å²) in [6, 6.07) is 9.05. The predicted octanol–water partition coefficient (Wildman–Crippen LogP) is 5.37. The molecule has 2 aromatic rings. The van der Waals surface area contributed by atoms with E-state index in [4.69, 9.17) is 21.1 Å². The van der Waals surface area contributed by atoms with Crippen LogP contribution in [-0.2, 0) is 9.53 Å². The second-order valence-corrected chi connectivity index (χ2v) is 8.48. The van der Waals surface area contributed by atoms with E-state index in [9.17, 15) is 4.79 Å². The standard InChI is InChI=1S/C18H17BrClNO3S/c19-17-7-4-14(25-17)5-8-18(22)21-15-10-12(20)3-6-16(15)24-11-13-2-1-9-23-13/h3-8,10,13H,1-2,9,11H2,(H,21,22). The van der Waals surface area contributed by atoms with E-state index in [2.05, 4.69) is 21.2 Å². The summed E-state index contributed by atoms with van der Waals surface area (Å²) < 4.78 is 12.4. The maximum Gasteiger partial charge on any atom is 0.248 e. The smallest absolute Gasteiger partial charge is 0.248 e. The SMILES string of the molecule is O=C(C=Cc1ccc(Br)s1)Nc1cc(Cl)ccc1OCC1CCCO1. The first-order valence-corrected chi connectivity index (χ1v) is 9.87. The Kier molecular flexibility index (Phi) is 6.53. The van der Waals surface area contributed by atoms with E-state index in [0.717, 1.165) is 28.1 Å². The Balaban J connectivity index is 1.64. The summed E-state index contributed by atoms with van der Waals surface area (Å²) in [5.41, 5.74) is 0.549. The number of anilines is 1. The Bertz CT molecular complexity index is 771. The van der Waals surface area contributed by atoms with Crippen molar-refractivity contribution in [1.29, 1.82) is 0 Å². The molecule has 1 aliphatic heterocycles. The van der Waals surface area contributed by atoms with Crippen molar-refractivity contribution in [1.82, 2.24) is 0 Å². The first-order chi connectivity index (χ1) is 12.1. The average molecular weight is 443 g/mol. The molecule has 1 N–H and O–H groups in total. The van der Waals surface area contributed by atoms with Crippen LogP contribution in [0.5, 0.6) is 5.75 Å². The first-order valence-electron chi connectivity index (χ1n) is 7.88. The molecule has 0 aliphatic carbocycles. The molecule has 7 heteroatoms. The van der Waals surface area contributed by atoms with Gasteiger partial charge >= 0.3 is 0 Å². The van der Waals surface area contributed by atoms with Crippen LogP contribution in [-0.4, -0.2) is 25.2 Å². The zero-order valence-corrected chi connectivity index (χ0v) is 16.5. The molecular weight excluding hydrogens is 426 g/mol. The molecule has 1 aliphatic rings. The van der Waals surface area contributed by atoms with Gasteiger partial charge in [0.25, 0.3) is 0 Å².